The fourth-order valence-corrected chi connectivity index (χ4v) is 2.92. The molecule has 0 bridgehead atoms. The maximum Gasteiger partial charge on any atom is 0.418 e. The van der Waals surface area contributed by atoms with Gasteiger partial charge in [-0.25, -0.2) is 13.8 Å². The highest BCUT2D eigenvalue weighted by Crippen LogP contribution is 2.48. The predicted molar refractivity (Wildman–Crippen MR) is 71.8 cm³/mol. The summed E-state index contributed by atoms with van der Waals surface area (Å²) >= 11 is 5.73. The number of hydrogen-bond acceptors (Lipinski definition) is 2. The second-order valence-electron chi connectivity index (χ2n) is 5.27. The largest absolute Gasteiger partial charge is 0.418 e. The van der Waals surface area contributed by atoms with Gasteiger partial charge in [0.05, 0.1) is 5.56 Å². The van der Waals surface area contributed by atoms with Crippen molar-refractivity contribution < 1.29 is 27.1 Å². The first-order chi connectivity index (χ1) is 10.6. The van der Waals surface area contributed by atoms with Crippen LogP contribution in [0, 0.1) is 0 Å². The fourth-order valence-electron chi connectivity index (χ4n) is 2.75. The molecule has 1 N–H and O–H groups in total. The third kappa shape index (κ3) is 2.70. The Balaban J connectivity index is 2.25. The molecule has 1 aliphatic carbocycles. The average molecular weight is 353 g/mol. The Labute approximate surface area is 132 Å². The summed E-state index contributed by atoms with van der Waals surface area (Å²) in [7, 11) is 0. The van der Waals surface area contributed by atoms with Crippen LogP contribution in [0.4, 0.5) is 22.0 Å². The summed E-state index contributed by atoms with van der Waals surface area (Å²) in [4.78, 5) is 3.73. The molecule has 1 atom stereocenters. The van der Waals surface area contributed by atoms with E-state index in [0.717, 1.165) is 4.57 Å². The van der Waals surface area contributed by atoms with Crippen LogP contribution in [0.3, 0.4) is 0 Å². The van der Waals surface area contributed by atoms with E-state index in [4.69, 9.17) is 11.6 Å². The third-order valence-corrected chi connectivity index (χ3v) is 4.02. The Kier molecular flexibility index (Phi) is 3.64. The van der Waals surface area contributed by atoms with Crippen LogP contribution in [0.15, 0.2) is 24.5 Å². The summed E-state index contributed by atoms with van der Waals surface area (Å²) < 4.78 is 68.1. The Morgan fingerprint density at radius 1 is 1.35 bits per heavy atom. The lowest BCUT2D eigenvalue weighted by atomic mass is 9.89. The molecule has 0 spiro atoms. The molecule has 124 valence electrons. The van der Waals surface area contributed by atoms with Gasteiger partial charge in [0.15, 0.2) is 0 Å². The smallest absolute Gasteiger partial charge is 0.382 e. The van der Waals surface area contributed by atoms with Crippen LogP contribution in [0.25, 0.3) is 5.69 Å². The maximum absolute atomic E-state index is 13.7. The molecule has 2 aromatic rings. The van der Waals surface area contributed by atoms with E-state index < -0.39 is 35.8 Å². The molecular formula is C14H10ClF5N2O. The second kappa shape index (κ2) is 5.17. The number of aliphatic hydroxyl groups is 1. The lowest BCUT2D eigenvalue weighted by molar-refractivity contribution is -0.147. The van der Waals surface area contributed by atoms with Crippen molar-refractivity contribution in [1.29, 1.82) is 0 Å². The van der Waals surface area contributed by atoms with E-state index in [0.29, 0.717) is 6.20 Å². The highest BCUT2D eigenvalue weighted by Gasteiger charge is 2.50. The van der Waals surface area contributed by atoms with E-state index in [2.05, 4.69) is 4.98 Å². The van der Waals surface area contributed by atoms with Crippen molar-refractivity contribution in [3.8, 4) is 5.69 Å². The Morgan fingerprint density at radius 2 is 2.04 bits per heavy atom. The van der Waals surface area contributed by atoms with E-state index in [1.165, 1.54) is 18.3 Å². The number of rotatable bonds is 1. The van der Waals surface area contributed by atoms with Gasteiger partial charge in [-0.2, -0.15) is 13.2 Å². The molecule has 2 aromatic heterocycles. The van der Waals surface area contributed by atoms with Crippen molar-refractivity contribution in [2.45, 2.75) is 31.0 Å². The van der Waals surface area contributed by atoms with Gasteiger partial charge in [-0.3, -0.25) is 0 Å². The molecule has 0 fully saturated rings. The molecule has 0 aromatic carbocycles. The minimum Gasteiger partial charge on any atom is -0.382 e. The lowest BCUT2D eigenvalue weighted by Gasteiger charge is -2.29. The molecule has 0 saturated carbocycles. The zero-order valence-electron chi connectivity index (χ0n) is 11.4. The summed E-state index contributed by atoms with van der Waals surface area (Å²) in [5.74, 6) is -3.60. The van der Waals surface area contributed by atoms with Gasteiger partial charge < -0.3 is 9.67 Å². The number of hydrogen-bond donors (Lipinski definition) is 1. The number of aliphatic hydroxyl groups excluding tert-OH is 1. The number of fused-ring (bicyclic) bond motifs is 1. The quantitative estimate of drug-likeness (QED) is 0.618. The van der Waals surface area contributed by atoms with Gasteiger partial charge in [0.2, 0.25) is 0 Å². The minimum atomic E-state index is -4.86. The van der Waals surface area contributed by atoms with Gasteiger partial charge in [0, 0.05) is 35.8 Å². The van der Waals surface area contributed by atoms with Crippen LogP contribution in [0.5, 0.6) is 0 Å². The highest BCUT2D eigenvalue weighted by atomic mass is 35.5. The fraction of sp³-hybridized carbons (Fsp3) is 0.357. The maximum atomic E-state index is 13.7. The first-order valence-corrected chi connectivity index (χ1v) is 6.98. The molecule has 9 heteroatoms. The van der Waals surface area contributed by atoms with E-state index in [9.17, 15) is 27.1 Å². The summed E-state index contributed by atoms with van der Waals surface area (Å²) in [5, 5.41) is 9.80. The van der Waals surface area contributed by atoms with Gasteiger partial charge in [0.1, 0.15) is 11.3 Å². The van der Waals surface area contributed by atoms with Crippen molar-refractivity contribution >= 4 is 11.6 Å². The van der Waals surface area contributed by atoms with Crippen molar-refractivity contribution in [1.82, 2.24) is 9.55 Å². The molecule has 0 radical (unpaired) electrons. The van der Waals surface area contributed by atoms with Gasteiger partial charge in [-0.05, 0) is 18.6 Å². The Hall–Kier alpha value is -1.67. The van der Waals surface area contributed by atoms with Crippen LogP contribution in [-0.2, 0) is 12.6 Å². The number of pyridine rings is 1. The molecule has 3 nitrogen and oxygen atoms in total. The van der Waals surface area contributed by atoms with Crippen molar-refractivity contribution in [3.05, 3.63) is 46.5 Å². The van der Waals surface area contributed by atoms with Gasteiger partial charge in [-0.1, -0.05) is 11.6 Å². The van der Waals surface area contributed by atoms with E-state index in [1.54, 1.807) is 0 Å². The molecule has 23 heavy (non-hydrogen) atoms. The van der Waals surface area contributed by atoms with Crippen LogP contribution in [0.2, 0.25) is 5.15 Å². The standard InChI is InChI=1S/C14H10ClF5N2O/c15-10-5-7(2-4-21-10)22-6-8(14(18,19)20)11-9(22)1-3-13(16,17)12(11)23/h2,4-6,12,23H,1,3H2. The third-order valence-electron chi connectivity index (χ3n) is 3.81. The summed E-state index contributed by atoms with van der Waals surface area (Å²) in [6.45, 7) is 0. The predicted octanol–water partition coefficient (Wildman–Crippen LogP) is 4.16. The van der Waals surface area contributed by atoms with Gasteiger partial charge >= 0.3 is 6.18 Å². The number of nitrogens with zero attached hydrogens (tertiary/aromatic N) is 2. The normalized spacial score (nSPS) is 20.4. The summed E-state index contributed by atoms with van der Waals surface area (Å²) in [6.07, 6.45) is -6.38. The lowest BCUT2D eigenvalue weighted by Crippen LogP contribution is -2.33. The first kappa shape index (κ1) is 16.2. The van der Waals surface area contributed by atoms with Crippen LogP contribution in [-0.4, -0.2) is 20.6 Å². The number of alkyl halides is 5. The molecule has 0 saturated heterocycles. The van der Waals surface area contributed by atoms with E-state index in [1.807, 2.05) is 0 Å². The summed E-state index contributed by atoms with van der Waals surface area (Å²) in [5.41, 5.74) is -1.79. The number of aromatic nitrogens is 2. The van der Waals surface area contributed by atoms with Crippen molar-refractivity contribution in [2.75, 3.05) is 0 Å². The molecule has 3 rings (SSSR count). The topological polar surface area (TPSA) is 38.0 Å². The minimum absolute atomic E-state index is 0.00184. The number of halogens is 6. The van der Waals surface area contributed by atoms with Crippen LogP contribution >= 0.6 is 11.6 Å². The monoisotopic (exact) mass is 352 g/mol. The SMILES string of the molecule is OC1c2c(C(F)(F)F)cn(-c3ccnc(Cl)c3)c2CCC1(F)F. The second-order valence-corrected chi connectivity index (χ2v) is 5.66. The highest BCUT2D eigenvalue weighted by molar-refractivity contribution is 6.29. The van der Waals surface area contributed by atoms with Gasteiger partial charge in [-0.15, -0.1) is 0 Å². The molecule has 1 aliphatic rings. The molecule has 2 heterocycles. The van der Waals surface area contributed by atoms with Crippen molar-refractivity contribution in [2.24, 2.45) is 0 Å². The first-order valence-electron chi connectivity index (χ1n) is 6.60. The van der Waals surface area contributed by atoms with Crippen molar-refractivity contribution in [3.63, 3.8) is 0 Å². The van der Waals surface area contributed by atoms with Gasteiger partial charge in [0.25, 0.3) is 5.92 Å². The molecule has 0 aliphatic heterocycles. The zero-order chi connectivity index (χ0) is 17.0. The summed E-state index contributed by atoms with van der Waals surface area (Å²) in [6, 6.07) is 2.73. The Bertz CT molecular complexity index is 756. The molecule has 0 amide bonds. The van der Waals surface area contributed by atoms with Crippen LogP contribution < -0.4 is 0 Å². The Morgan fingerprint density at radius 3 is 2.65 bits per heavy atom. The molecule has 1 unspecified atom stereocenters. The zero-order valence-corrected chi connectivity index (χ0v) is 12.2. The molecular weight excluding hydrogens is 343 g/mol. The van der Waals surface area contributed by atoms with Crippen LogP contribution in [0.1, 0.15) is 29.3 Å². The average Bonchev–Trinajstić information content (AvgIpc) is 2.83. The van der Waals surface area contributed by atoms with E-state index >= 15 is 0 Å². The van der Waals surface area contributed by atoms with E-state index in [-0.39, 0.29) is 23.0 Å².